The maximum atomic E-state index is 12.6. The van der Waals surface area contributed by atoms with Crippen LogP contribution in [-0.4, -0.2) is 34.8 Å². The van der Waals surface area contributed by atoms with Gasteiger partial charge in [0.1, 0.15) is 0 Å². The maximum Gasteiger partial charge on any atom is 0.245 e. The van der Waals surface area contributed by atoms with Crippen LogP contribution in [0.1, 0.15) is 22.6 Å². The molecular weight excluding hydrogens is 354 g/mol. The lowest BCUT2D eigenvalue weighted by atomic mass is 9.97. The molecule has 5 nitrogen and oxygen atoms in total. The van der Waals surface area contributed by atoms with Gasteiger partial charge in [0.15, 0.2) is 5.13 Å². The second-order valence-electron chi connectivity index (χ2n) is 6.15. The maximum absolute atomic E-state index is 12.6. The minimum absolute atomic E-state index is 0.0655. The number of thiazole rings is 1. The highest BCUT2D eigenvalue weighted by Gasteiger charge is 2.28. The Morgan fingerprint density at radius 3 is 2.84 bits per heavy atom. The molecular formula is C18H21N3O2S2. The smallest absolute Gasteiger partial charge is 0.245 e. The van der Waals surface area contributed by atoms with Gasteiger partial charge in [-0.3, -0.25) is 9.59 Å². The Balaban J connectivity index is 1.69. The summed E-state index contributed by atoms with van der Waals surface area (Å²) in [5, 5.41) is 3.56. The zero-order valence-corrected chi connectivity index (χ0v) is 16.0. The predicted octanol–water partition coefficient (Wildman–Crippen LogP) is 3.85. The third-order valence-electron chi connectivity index (χ3n) is 4.28. The fourth-order valence-corrected chi connectivity index (χ4v) is 4.78. The molecule has 3 heterocycles. The highest BCUT2D eigenvalue weighted by atomic mass is 32.1. The number of thiophene rings is 1. The first kappa shape index (κ1) is 17.8. The van der Waals surface area contributed by atoms with E-state index in [0.717, 1.165) is 28.3 Å². The molecule has 0 bridgehead atoms. The van der Waals surface area contributed by atoms with Crippen molar-refractivity contribution in [3.8, 4) is 10.6 Å². The van der Waals surface area contributed by atoms with Crippen molar-refractivity contribution in [2.75, 3.05) is 18.4 Å². The average Bonchev–Trinajstić information content (AvgIpc) is 3.19. The Morgan fingerprint density at radius 1 is 1.36 bits per heavy atom. The van der Waals surface area contributed by atoms with Gasteiger partial charge in [0.2, 0.25) is 11.8 Å². The van der Waals surface area contributed by atoms with Crippen LogP contribution in [-0.2, 0) is 9.59 Å². The quantitative estimate of drug-likeness (QED) is 0.826. The zero-order valence-electron chi connectivity index (χ0n) is 14.4. The molecule has 25 heavy (non-hydrogen) atoms. The molecule has 7 heteroatoms. The Kier molecular flexibility index (Phi) is 5.34. The molecule has 1 aliphatic heterocycles. The van der Waals surface area contributed by atoms with Crippen LogP contribution in [0, 0.1) is 19.8 Å². The van der Waals surface area contributed by atoms with Crippen LogP contribution in [0.3, 0.4) is 0 Å². The van der Waals surface area contributed by atoms with E-state index in [9.17, 15) is 9.59 Å². The molecule has 2 aromatic rings. The molecule has 1 atom stereocenters. The summed E-state index contributed by atoms with van der Waals surface area (Å²) in [4.78, 5) is 34.1. The number of aromatic nitrogens is 1. The third-order valence-corrected chi connectivity index (χ3v) is 6.17. The second kappa shape index (κ2) is 7.49. The monoisotopic (exact) mass is 375 g/mol. The summed E-state index contributed by atoms with van der Waals surface area (Å²) >= 11 is 3.19. The van der Waals surface area contributed by atoms with Gasteiger partial charge in [0.05, 0.1) is 16.5 Å². The highest BCUT2D eigenvalue weighted by molar-refractivity contribution is 7.18. The zero-order chi connectivity index (χ0) is 18.0. The summed E-state index contributed by atoms with van der Waals surface area (Å²) in [6, 6.07) is 4.14. The van der Waals surface area contributed by atoms with Crippen LogP contribution in [0.15, 0.2) is 24.8 Å². The number of likely N-dealkylation sites (tertiary alicyclic amines) is 1. The second-order valence-corrected chi connectivity index (χ2v) is 8.64. The molecule has 0 spiro atoms. The van der Waals surface area contributed by atoms with Gasteiger partial charge in [-0.05, 0) is 44.9 Å². The summed E-state index contributed by atoms with van der Waals surface area (Å²) < 4.78 is 0. The highest BCUT2D eigenvalue weighted by Crippen LogP contribution is 2.34. The van der Waals surface area contributed by atoms with Gasteiger partial charge in [-0.15, -0.1) is 22.7 Å². The van der Waals surface area contributed by atoms with Crippen LogP contribution in [0.25, 0.3) is 10.6 Å². The molecule has 0 aliphatic carbocycles. The molecule has 2 aromatic heterocycles. The van der Waals surface area contributed by atoms with E-state index in [1.807, 2.05) is 6.92 Å². The van der Waals surface area contributed by atoms with E-state index >= 15 is 0 Å². The Hall–Kier alpha value is -1.99. The normalized spacial score (nSPS) is 17.4. The SMILES string of the molecule is C=CC(=O)N1CCCC(C(=O)Nc2nc(-c3ccc(C)s3)c(C)s2)C1. The number of nitrogens with zero attached hydrogens (tertiary/aromatic N) is 2. The van der Waals surface area contributed by atoms with E-state index in [1.54, 1.807) is 16.2 Å². The number of aryl methyl sites for hydroxylation is 2. The van der Waals surface area contributed by atoms with Crippen molar-refractivity contribution >= 4 is 39.6 Å². The van der Waals surface area contributed by atoms with Crippen LogP contribution in [0.2, 0.25) is 0 Å². The van der Waals surface area contributed by atoms with E-state index in [-0.39, 0.29) is 17.7 Å². The summed E-state index contributed by atoms with van der Waals surface area (Å²) in [6.45, 7) is 8.73. The molecule has 1 unspecified atom stereocenters. The first-order valence-electron chi connectivity index (χ1n) is 8.24. The van der Waals surface area contributed by atoms with E-state index in [0.29, 0.717) is 18.2 Å². The molecule has 0 saturated carbocycles. The number of nitrogens with one attached hydrogen (secondary N) is 1. The minimum atomic E-state index is -0.200. The van der Waals surface area contributed by atoms with Crippen molar-refractivity contribution in [3.05, 3.63) is 34.5 Å². The average molecular weight is 376 g/mol. The van der Waals surface area contributed by atoms with E-state index < -0.39 is 0 Å². The number of hydrogen-bond acceptors (Lipinski definition) is 5. The summed E-state index contributed by atoms with van der Waals surface area (Å²) in [5.74, 6) is -0.378. The lowest BCUT2D eigenvalue weighted by Crippen LogP contribution is -2.43. The number of piperidine rings is 1. The van der Waals surface area contributed by atoms with E-state index in [1.165, 1.54) is 22.3 Å². The Morgan fingerprint density at radius 2 is 2.16 bits per heavy atom. The van der Waals surface area contributed by atoms with Crippen molar-refractivity contribution in [2.24, 2.45) is 5.92 Å². The van der Waals surface area contributed by atoms with Crippen molar-refractivity contribution in [3.63, 3.8) is 0 Å². The van der Waals surface area contributed by atoms with Crippen molar-refractivity contribution < 1.29 is 9.59 Å². The summed E-state index contributed by atoms with van der Waals surface area (Å²) in [7, 11) is 0. The molecule has 132 valence electrons. The van der Waals surface area contributed by atoms with Gasteiger partial charge in [0, 0.05) is 22.8 Å². The topological polar surface area (TPSA) is 62.3 Å². The number of hydrogen-bond donors (Lipinski definition) is 1. The fourth-order valence-electron chi connectivity index (χ4n) is 2.97. The van der Waals surface area contributed by atoms with Crippen molar-refractivity contribution in [2.45, 2.75) is 26.7 Å². The van der Waals surface area contributed by atoms with Crippen LogP contribution in [0.5, 0.6) is 0 Å². The van der Waals surface area contributed by atoms with Crippen LogP contribution >= 0.6 is 22.7 Å². The third kappa shape index (κ3) is 3.99. The van der Waals surface area contributed by atoms with Crippen molar-refractivity contribution in [1.82, 2.24) is 9.88 Å². The minimum Gasteiger partial charge on any atom is -0.338 e. The number of carbonyl (C=O) groups excluding carboxylic acids is 2. The number of amides is 2. The molecule has 2 amide bonds. The van der Waals surface area contributed by atoms with E-state index in [4.69, 9.17) is 0 Å². The first-order valence-corrected chi connectivity index (χ1v) is 9.87. The molecule has 1 aliphatic rings. The molecule has 3 rings (SSSR count). The standard InChI is InChI=1S/C18H21N3O2S2/c1-4-15(22)21-9-5-6-13(10-21)17(23)20-18-19-16(12(3)25-18)14-8-7-11(2)24-14/h4,7-8,13H,1,5-6,9-10H2,2-3H3,(H,19,20,23). The summed E-state index contributed by atoms with van der Waals surface area (Å²) in [5.41, 5.74) is 0.936. The number of anilines is 1. The number of rotatable bonds is 4. The number of carbonyl (C=O) groups is 2. The molecule has 0 aromatic carbocycles. The lowest BCUT2D eigenvalue weighted by molar-refractivity contribution is -0.130. The summed E-state index contributed by atoms with van der Waals surface area (Å²) in [6.07, 6.45) is 2.92. The molecule has 1 saturated heterocycles. The first-order chi connectivity index (χ1) is 12.0. The van der Waals surface area contributed by atoms with Gasteiger partial charge in [-0.25, -0.2) is 4.98 Å². The van der Waals surface area contributed by atoms with E-state index in [2.05, 4.69) is 35.9 Å². The fraction of sp³-hybridized carbons (Fsp3) is 0.389. The van der Waals surface area contributed by atoms with Crippen LogP contribution in [0.4, 0.5) is 5.13 Å². The van der Waals surface area contributed by atoms with Crippen LogP contribution < -0.4 is 5.32 Å². The van der Waals surface area contributed by atoms with Gasteiger partial charge < -0.3 is 10.2 Å². The molecule has 0 radical (unpaired) electrons. The molecule has 1 fully saturated rings. The largest absolute Gasteiger partial charge is 0.338 e. The van der Waals surface area contributed by atoms with Gasteiger partial charge in [-0.1, -0.05) is 6.58 Å². The van der Waals surface area contributed by atoms with Gasteiger partial charge >= 0.3 is 0 Å². The molecule has 1 N–H and O–H groups in total. The Labute approximate surface area is 155 Å². The van der Waals surface area contributed by atoms with Gasteiger partial charge in [-0.2, -0.15) is 0 Å². The van der Waals surface area contributed by atoms with Gasteiger partial charge in [0.25, 0.3) is 0 Å². The Bertz CT molecular complexity index is 809. The predicted molar refractivity (Wildman–Crippen MR) is 103 cm³/mol. The lowest BCUT2D eigenvalue weighted by Gasteiger charge is -2.31. The van der Waals surface area contributed by atoms with Crippen molar-refractivity contribution in [1.29, 1.82) is 0 Å².